The van der Waals surface area contributed by atoms with E-state index < -0.39 is 0 Å². The van der Waals surface area contributed by atoms with E-state index in [1.165, 1.54) is 17.7 Å². The van der Waals surface area contributed by atoms with Crippen LogP contribution in [0, 0.1) is 29.1 Å². The highest BCUT2D eigenvalue weighted by Gasteiger charge is 2.73. The molecule has 0 unspecified atom stereocenters. The number of carbonyl (C=O) groups is 2. The van der Waals surface area contributed by atoms with Crippen molar-refractivity contribution >= 4 is 23.4 Å². The zero-order chi connectivity index (χ0) is 15.1. The highest BCUT2D eigenvalue weighted by Crippen LogP contribution is 2.73. The van der Waals surface area contributed by atoms with Crippen molar-refractivity contribution < 1.29 is 9.59 Å². The molecule has 1 aromatic rings. The number of hydrogen-bond acceptors (Lipinski definition) is 2. The molecule has 1 aliphatic heterocycles. The molecular weight excluding hydrogens is 298 g/mol. The minimum Gasteiger partial charge on any atom is -0.278 e. The minimum absolute atomic E-state index is 0.0353. The van der Waals surface area contributed by atoms with Gasteiger partial charge in [-0.05, 0) is 47.8 Å². The monoisotopic (exact) mass is 313 g/mol. The van der Waals surface area contributed by atoms with Gasteiger partial charge in [0.05, 0.1) is 18.4 Å². The fourth-order valence-electron chi connectivity index (χ4n) is 5.07. The molecule has 3 fully saturated rings. The second kappa shape index (κ2) is 4.02. The molecule has 4 atom stereocenters. The van der Waals surface area contributed by atoms with E-state index in [9.17, 15) is 9.59 Å². The van der Waals surface area contributed by atoms with Gasteiger partial charge in [-0.15, -0.1) is 0 Å². The second-order valence-electron chi connectivity index (χ2n) is 7.11. The summed E-state index contributed by atoms with van der Waals surface area (Å²) in [4.78, 5) is 27.1. The number of amides is 2. The molecule has 0 radical (unpaired) electrons. The minimum atomic E-state index is -0.0997. The highest BCUT2D eigenvalue weighted by atomic mass is 35.5. The van der Waals surface area contributed by atoms with Gasteiger partial charge in [-0.25, -0.2) is 0 Å². The topological polar surface area (TPSA) is 37.4 Å². The predicted molar refractivity (Wildman–Crippen MR) is 81.8 cm³/mol. The fraction of sp³-hybridized carbons (Fsp3) is 0.444. The van der Waals surface area contributed by atoms with E-state index in [0.717, 1.165) is 5.56 Å². The van der Waals surface area contributed by atoms with Gasteiger partial charge in [0, 0.05) is 5.02 Å². The Labute approximate surface area is 133 Å². The number of fused-ring (bicyclic) bond motifs is 3. The van der Waals surface area contributed by atoms with Gasteiger partial charge < -0.3 is 0 Å². The Kier molecular flexibility index (Phi) is 2.35. The van der Waals surface area contributed by atoms with Crippen LogP contribution in [0.3, 0.4) is 0 Å². The van der Waals surface area contributed by atoms with E-state index in [2.05, 4.69) is 12.2 Å². The summed E-state index contributed by atoms with van der Waals surface area (Å²) in [5.74, 6) is 0.471. The first-order chi connectivity index (χ1) is 10.6. The van der Waals surface area contributed by atoms with Crippen LogP contribution in [0.4, 0.5) is 0 Å². The van der Waals surface area contributed by atoms with Crippen LogP contribution in [0.2, 0.25) is 5.02 Å². The van der Waals surface area contributed by atoms with Gasteiger partial charge in [-0.3, -0.25) is 14.5 Å². The van der Waals surface area contributed by atoms with E-state index in [1.807, 2.05) is 12.1 Å². The lowest BCUT2D eigenvalue weighted by Crippen LogP contribution is -2.34. The van der Waals surface area contributed by atoms with E-state index in [4.69, 9.17) is 11.6 Å². The molecule has 2 amide bonds. The van der Waals surface area contributed by atoms with Gasteiger partial charge in [-0.1, -0.05) is 35.9 Å². The summed E-state index contributed by atoms with van der Waals surface area (Å²) >= 11 is 5.89. The van der Waals surface area contributed by atoms with Crippen LogP contribution in [0.25, 0.3) is 0 Å². The van der Waals surface area contributed by atoms with Crippen LogP contribution < -0.4 is 0 Å². The van der Waals surface area contributed by atoms with Crippen molar-refractivity contribution in [1.82, 2.24) is 4.90 Å². The van der Waals surface area contributed by atoms with Crippen LogP contribution in [-0.2, 0) is 16.1 Å². The Bertz CT molecular complexity index is 685. The molecule has 1 saturated heterocycles. The van der Waals surface area contributed by atoms with Crippen molar-refractivity contribution in [3.63, 3.8) is 0 Å². The summed E-state index contributed by atoms with van der Waals surface area (Å²) < 4.78 is 0. The number of imide groups is 1. The lowest BCUT2D eigenvalue weighted by Gasteiger charge is -2.21. The Morgan fingerprint density at radius 3 is 2.05 bits per heavy atom. The summed E-state index contributed by atoms with van der Waals surface area (Å²) in [6, 6.07) is 7.36. The molecule has 2 bridgehead atoms. The van der Waals surface area contributed by atoms with E-state index in [1.54, 1.807) is 12.1 Å². The zero-order valence-electron chi connectivity index (χ0n) is 12.0. The van der Waals surface area contributed by atoms with Crippen molar-refractivity contribution in [1.29, 1.82) is 0 Å². The van der Waals surface area contributed by atoms with Crippen molar-refractivity contribution in [2.24, 2.45) is 29.1 Å². The summed E-state index contributed by atoms with van der Waals surface area (Å²) in [7, 11) is 0. The molecule has 5 rings (SSSR count). The van der Waals surface area contributed by atoms with Crippen LogP contribution in [-0.4, -0.2) is 16.7 Å². The van der Waals surface area contributed by atoms with Crippen molar-refractivity contribution in [3.05, 3.63) is 47.0 Å². The maximum atomic E-state index is 12.8. The first-order valence-electron chi connectivity index (χ1n) is 7.90. The SMILES string of the molecule is O=C1[C@H]2[C@H](C(=O)N1Cc1ccc(Cl)cc1)[C@H]1C=C[C@H]2C12CC2. The number of allylic oxidation sites excluding steroid dienone is 2. The Hall–Kier alpha value is -1.61. The third kappa shape index (κ3) is 1.43. The largest absolute Gasteiger partial charge is 0.278 e. The fourth-order valence-corrected chi connectivity index (χ4v) is 5.19. The predicted octanol–water partition coefficient (Wildman–Crippen LogP) is 3.04. The number of benzene rings is 1. The molecule has 0 N–H and O–H groups in total. The Morgan fingerprint density at radius 1 is 1.00 bits per heavy atom. The maximum Gasteiger partial charge on any atom is 0.234 e. The molecule has 112 valence electrons. The van der Waals surface area contributed by atoms with Crippen molar-refractivity contribution in [3.8, 4) is 0 Å². The summed E-state index contributed by atoms with van der Waals surface area (Å²) in [5, 5.41) is 0.664. The Balaban J connectivity index is 1.45. The third-order valence-corrected chi connectivity index (χ3v) is 6.45. The molecule has 3 nitrogen and oxygen atoms in total. The van der Waals surface area contributed by atoms with Gasteiger partial charge in [0.2, 0.25) is 11.8 Å². The van der Waals surface area contributed by atoms with Gasteiger partial charge in [0.1, 0.15) is 0 Å². The van der Waals surface area contributed by atoms with Crippen molar-refractivity contribution in [2.75, 3.05) is 0 Å². The average Bonchev–Trinajstić information content (AvgIpc) is 3.12. The molecule has 1 heterocycles. The molecule has 4 aliphatic rings. The van der Waals surface area contributed by atoms with Crippen LogP contribution in [0.15, 0.2) is 36.4 Å². The molecule has 0 aromatic heterocycles. The van der Waals surface area contributed by atoms with Crippen LogP contribution >= 0.6 is 11.6 Å². The van der Waals surface area contributed by atoms with Crippen LogP contribution in [0.1, 0.15) is 18.4 Å². The number of rotatable bonds is 2. The molecule has 3 aliphatic carbocycles. The number of likely N-dealkylation sites (tertiary alicyclic amines) is 1. The first-order valence-corrected chi connectivity index (χ1v) is 8.28. The normalized spacial score (nSPS) is 36.5. The number of nitrogens with zero attached hydrogens (tertiary/aromatic N) is 1. The van der Waals surface area contributed by atoms with E-state index >= 15 is 0 Å². The molecule has 1 spiro atoms. The molecule has 22 heavy (non-hydrogen) atoms. The average molecular weight is 314 g/mol. The molecule has 1 aromatic carbocycles. The molecule has 2 saturated carbocycles. The van der Waals surface area contributed by atoms with E-state index in [0.29, 0.717) is 23.4 Å². The lowest BCUT2D eigenvalue weighted by molar-refractivity contribution is -0.141. The van der Waals surface area contributed by atoms with E-state index in [-0.39, 0.29) is 29.1 Å². The zero-order valence-corrected chi connectivity index (χ0v) is 12.8. The second-order valence-corrected chi connectivity index (χ2v) is 7.55. The summed E-state index contributed by atoms with van der Waals surface area (Å²) in [6.45, 7) is 0.369. The van der Waals surface area contributed by atoms with Gasteiger partial charge in [-0.2, -0.15) is 0 Å². The van der Waals surface area contributed by atoms with Gasteiger partial charge in [0.25, 0.3) is 0 Å². The number of carbonyl (C=O) groups excluding carboxylic acids is 2. The standard InChI is InChI=1S/C18H16ClNO2/c19-11-3-1-10(2-4-11)9-20-16(21)14-12-5-6-13(15(14)17(20)22)18(12)7-8-18/h1-6,12-15H,7-9H2/t12-,13-,14-,15-/m1/s1. The first kappa shape index (κ1) is 12.9. The third-order valence-electron chi connectivity index (χ3n) is 6.20. The quantitative estimate of drug-likeness (QED) is 0.621. The summed E-state index contributed by atoms with van der Waals surface area (Å²) in [6.07, 6.45) is 6.77. The summed E-state index contributed by atoms with van der Waals surface area (Å²) in [5.41, 5.74) is 1.22. The number of halogens is 1. The van der Waals surface area contributed by atoms with Gasteiger partial charge >= 0.3 is 0 Å². The maximum absolute atomic E-state index is 12.8. The molecular formula is C18H16ClNO2. The van der Waals surface area contributed by atoms with Gasteiger partial charge in [0.15, 0.2) is 0 Å². The van der Waals surface area contributed by atoms with Crippen LogP contribution in [0.5, 0.6) is 0 Å². The smallest absolute Gasteiger partial charge is 0.234 e. The Morgan fingerprint density at radius 2 is 1.55 bits per heavy atom. The molecule has 4 heteroatoms. The van der Waals surface area contributed by atoms with Crippen molar-refractivity contribution in [2.45, 2.75) is 19.4 Å². The lowest BCUT2D eigenvalue weighted by atomic mass is 9.85. The highest BCUT2D eigenvalue weighted by molar-refractivity contribution is 6.30. The number of hydrogen-bond donors (Lipinski definition) is 0.